The van der Waals surface area contributed by atoms with Gasteiger partial charge in [0.15, 0.2) is 0 Å². The van der Waals surface area contributed by atoms with Crippen LogP contribution in [0.25, 0.3) is 0 Å². The van der Waals surface area contributed by atoms with Gasteiger partial charge in [0.1, 0.15) is 0 Å². The average Bonchev–Trinajstić information content (AvgIpc) is 2.19. The molecular weight excluding hydrogens is 102 g/mol. The molecule has 1 saturated heterocycles. The Morgan fingerprint density at radius 1 is 1.88 bits per heavy atom. The maximum Gasteiger partial charge on any atom is 0.0730 e. The highest BCUT2D eigenvalue weighted by atomic mass is 16.7. The maximum absolute atomic E-state index is 5.10. The minimum absolute atomic E-state index is 0.758. The first-order chi connectivity index (χ1) is 3.93. The maximum atomic E-state index is 5.10. The summed E-state index contributed by atoms with van der Waals surface area (Å²) in [4.78, 5) is 5.10. The molecule has 8 heavy (non-hydrogen) atoms. The van der Waals surface area contributed by atoms with Crippen LogP contribution in [0.15, 0.2) is 12.7 Å². The largest absolute Gasteiger partial charge is 0.298 e. The smallest absolute Gasteiger partial charge is 0.0730 e. The van der Waals surface area contributed by atoms with Gasteiger partial charge in [-0.15, -0.1) is 6.58 Å². The first-order valence-corrected chi connectivity index (χ1v) is 2.74. The van der Waals surface area contributed by atoms with E-state index in [1.165, 1.54) is 0 Å². The third-order valence-corrected chi connectivity index (χ3v) is 1.04. The van der Waals surface area contributed by atoms with Crippen LogP contribution in [0.2, 0.25) is 0 Å². The Morgan fingerprint density at radius 3 is 3.25 bits per heavy atom. The van der Waals surface area contributed by atoms with Gasteiger partial charge in [0.25, 0.3) is 0 Å². The van der Waals surface area contributed by atoms with E-state index in [4.69, 9.17) is 4.84 Å². The van der Waals surface area contributed by atoms with Crippen LogP contribution in [0.3, 0.4) is 0 Å². The van der Waals surface area contributed by atoms with Crippen molar-refractivity contribution < 1.29 is 4.84 Å². The highest BCUT2D eigenvalue weighted by Crippen LogP contribution is 2.00. The van der Waals surface area contributed by atoms with Gasteiger partial charge in [-0.2, -0.15) is 5.06 Å². The van der Waals surface area contributed by atoms with Crippen molar-refractivity contribution in [1.29, 1.82) is 0 Å². The lowest BCUT2D eigenvalue weighted by Gasteiger charge is -2.08. The van der Waals surface area contributed by atoms with Crippen molar-refractivity contribution in [2.45, 2.75) is 0 Å². The third kappa shape index (κ3) is 1.32. The summed E-state index contributed by atoms with van der Waals surface area (Å²) in [6.45, 7) is 6.11. The molecule has 0 atom stereocenters. The van der Waals surface area contributed by atoms with E-state index in [-0.39, 0.29) is 0 Å². The van der Waals surface area contributed by atoms with Crippen molar-refractivity contribution >= 4 is 0 Å². The van der Waals surface area contributed by atoms with Gasteiger partial charge in [0.2, 0.25) is 0 Å². The molecule has 0 unspecified atom stereocenters. The zero-order valence-electron chi connectivity index (χ0n) is 4.84. The number of nitrogens with zero attached hydrogens (tertiary/aromatic N) is 1. The predicted octanol–water partition coefficient (Wildman–Crippen LogP) is 0.624. The second kappa shape index (κ2) is 2.84. The Bertz CT molecular complexity index is 76.6. The molecule has 0 N–H and O–H groups in total. The predicted molar refractivity (Wildman–Crippen MR) is 32.0 cm³/mol. The summed E-state index contributed by atoms with van der Waals surface area (Å²) in [5.41, 5.74) is 0. The van der Waals surface area contributed by atoms with E-state index in [1.54, 1.807) is 0 Å². The Labute approximate surface area is 49.7 Å². The van der Waals surface area contributed by atoms with Crippen LogP contribution in [0.5, 0.6) is 0 Å². The monoisotopic (exact) mass is 112 g/mol. The van der Waals surface area contributed by atoms with E-state index >= 15 is 0 Å². The first-order valence-electron chi connectivity index (χ1n) is 2.74. The van der Waals surface area contributed by atoms with Crippen LogP contribution >= 0.6 is 0 Å². The molecule has 0 aromatic heterocycles. The number of hydrogen-bond donors (Lipinski definition) is 0. The van der Waals surface area contributed by atoms with Crippen molar-refractivity contribution in [3.63, 3.8) is 0 Å². The van der Waals surface area contributed by atoms with Crippen molar-refractivity contribution in [2.24, 2.45) is 0 Å². The first kappa shape index (κ1) is 5.79. The molecule has 45 valence electrons. The molecule has 1 rings (SSSR count). The number of hydrogen-bond acceptors (Lipinski definition) is 2. The zero-order valence-corrected chi connectivity index (χ0v) is 4.84. The Morgan fingerprint density at radius 2 is 2.75 bits per heavy atom. The normalized spacial score (nSPS) is 21.5. The van der Waals surface area contributed by atoms with Crippen molar-refractivity contribution in [3.05, 3.63) is 19.1 Å². The van der Waals surface area contributed by atoms with Crippen LogP contribution in [-0.2, 0) is 4.84 Å². The van der Waals surface area contributed by atoms with E-state index in [0.29, 0.717) is 0 Å². The molecule has 1 heterocycles. The second-order valence-corrected chi connectivity index (χ2v) is 1.72. The second-order valence-electron chi connectivity index (χ2n) is 1.72. The van der Waals surface area contributed by atoms with Gasteiger partial charge in [0.05, 0.1) is 6.61 Å². The van der Waals surface area contributed by atoms with Gasteiger partial charge >= 0.3 is 0 Å². The van der Waals surface area contributed by atoms with E-state index < -0.39 is 0 Å². The van der Waals surface area contributed by atoms with Gasteiger partial charge in [-0.05, 0) is 0 Å². The van der Waals surface area contributed by atoms with Gasteiger partial charge in [-0.3, -0.25) is 4.84 Å². The fourth-order valence-electron chi connectivity index (χ4n) is 0.679. The Balaban J connectivity index is 2.14. The Kier molecular flexibility index (Phi) is 2.06. The molecule has 1 fully saturated rings. The number of hydroxylamine groups is 2. The lowest BCUT2D eigenvalue weighted by Crippen LogP contribution is -2.16. The molecule has 0 spiro atoms. The van der Waals surface area contributed by atoms with E-state index in [9.17, 15) is 0 Å². The summed E-state index contributed by atoms with van der Waals surface area (Å²) < 4.78 is 0. The topological polar surface area (TPSA) is 12.5 Å². The van der Waals surface area contributed by atoms with Gasteiger partial charge in [-0.25, -0.2) is 0 Å². The van der Waals surface area contributed by atoms with Gasteiger partial charge in [-0.1, -0.05) is 6.08 Å². The summed E-state index contributed by atoms with van der Waals surface area (Å²) in [7, 11) is 0. The minimum atomic E-state index is 0.758. The molecular formula is C6H10NO. The summed E-state index contributed by atoms with van der Waals surface area (Å²) >= 11 is 0. The quantitative estimate of drug-likeness (QED) is 0.486. The molecule has 0 bridgehead atoms. The molecule has 0 aromatic carbocycles. The van der Waals surface area contributed by atoms with Crippen LogP contribution in [0.1, 0.15) is 0 Å². The lowest BCUT2D eigenvalue weighted by atomic mass is 10.5. The molecule has 2 nitrogen and oxygen atoms in total. The van der Waals surface area contributed by atoms with Gasteiger partial charge in [0, 0.05) is 19.5 Å². The van der Waals surface area contributed by atoms with Crippen molar-refractivity contribution in [3.8, 4) is 0 Å². The molecule has 0 saturated carbocycles. The van der Waals surface area contributed by atoms with E-state index in [0.717, 1.165) is 19.7 Å². The van der Waals surface area contributed by atoms with Crippen molar-refractivity contribution in [2.75, 3.05) is 19.7 Å². The SMILES string of the molecule is C=CCN1C[CH]CO1. The Hall–Kier alpha value is -0.340. The minimum Gasteiger partial charge on any atom is -0.298 e. The van der Waals surface area contributed by atoms with E-state index in [1.807, 2.05) is 11.1 Å². The van der Waals surface area contributed by atoms with E-state index in [2.05, 4.69) is 13.0 Å². The lowest BCUT2D eigenvalue weighted by molar-refractivity contribution is -0.0998. The molecule has 0 amide bonds. The van der Waals surface area contributed by atoms with Crippen LogP contribution < -0.4 is 0 Å². The molecule has 1 aliphatic rings. The number of rotatable bonds is 2. The summed E-state index contributed by atoms with van der Waals surface area (Å²) in [5, 5.41) is 1.87. The van der Waals surface area contributed by atoms with Crippen LogP contribution in [0, 0.1) is 6.42 Å². The fraction of sp³-hybridized carbons (Fsp3) is 0.500. The molecule has 1 aliphatic heterocycles. The highest BCUT2D eigenvalue weighted by Gasteiger charge is 2.08. The fourth-order valence-corrected chi connectivity index (χ4v) is 0.679. The highest BCUT2D eigenvalue weighted by molar-refractivity contribution is 4.77. The van der Waals surface area contributed by atoms with Crippen molar-refractivity contribution in [1.82, 2.24) is 5.06 Å². The average molecular weight is 112 g/mol. The third-order valence-electron chi connectivity index (χ3n) is 1.04. The molecule has 0 aromatic rings. The molecule has 1 radical (unpaired) electrons. The standard InChI is InChI=1S/C6H10NO/c1-2-4-7-5-3-6-8-7/h2-3H,1,4-6H2. The molecule has 0 aliphatic carbocycles. The van der Waals surface area contributed by atoms with Crippen LogP contribution in [0.4, 0.5) is 0 Å². The van der Waals surface area contributed by atoms with Crippen LogP contribution in [-0.4, -0.2) is 24.8 Å². The summed E-state index contributed by atoms with van der Waals surface area (Å²) in [5.74, 6) is 0. The molecule has 2 heteroatoms. The summed E-state index contributed by atoms with van der Waals surface area (Å²) in [6.07, 6.45) is 3.92. The summed E-state index contributed by atoms with van der Waals surface area (Å²) in [6, 6.07) is 0. The zero-order chi connectivity index (χ0) is 5.82. The van der Waals surface area contributed by atoms with Gasteiger partial charge < -0.3 is 0 Å².